The zero-order valence-corrected chi connectivity index (χ0v) is 19.9. The van der Waals surface area contributed by atoms with Gasteiger partial charge in [0.25, 0.3) is 5.91 Å². The van der Waals surface area contributed by atoms with Crippen LogP contribution in [0.5, 0.6) is 11.5 Å². The lowest BCUT2D eigenvalue weighted by Crippen LogP contribution is -2.19. The Morgan fingerprint density at radius 3 is 2.62 bits per heavy atom. The Balaban J connectivity index is 1.55. The number of aliphatic imine (C=N–C) groups is 1. The largest absolute Gasteiger partial charge is 0.493 e. The number of rotatable bonds is 6. The van der Waals surface area contributed by atoms with Gasteiger partial charge >= 0.3 is 0 Å². The Bertz CT molecular complexity index is 1220. The first-order chi connectivity index (χ1) is 15.5. The number of halogens is 2. The molecule has 0 aliphatic carbocycles. The standard InChI is InChI=1S/C24H18FIN2O3S/c1-30-20-12-15(11-19(26)22(20)31-14-16-7-5-6-10-18(16)25)13-21-23(29)28-24(32-21)27-17-8-3-2-4-9-17/h2-13H,14H2,1H3,(H,27,28,29)/b21-13-. The monoisotopic (exact) mass is 560 g/mol. The number of thioether (sulfide) groups is 1. The van der Waals surface area contributed by atoms with Crippen LogP contribution >= 0.6 is 34.4 Å². The van der Waals surface area contributed by atoms with Gasteiger partial charge in [0.1, 0.15) is 12.4 Å². The van der Waals surface area contributed by atoms with Crippen LogP contribution in [0.1, 0.15) is 11.1 Å². The number of methoxy groups -OCH3 is 1. The summed E-state index contributed by atoms with van der Waals surface area (Å²) in [6.45, 7) is 0.0804. The zero-order valence-electron chi connectivity index (χ0n) is 17.0. The number of amidine groups is 1. The molecule has 1 fully saturated rings. The molecule has 162 valence electrons. The summed E-state index contributed by atoms with van der Waals surface area (Å²) < 4.78 is 26.0. The molecule has 0 bridgehead atoms. The van der Waals surface area contributed by atoms with Gasteiger partial charge in [0.15, 0.2) is 16.7 Å². The lowest BCUT2D eigenvalue weighted by atomic mass is 10.1. The van der Waals surface area contributed by atoms with Gasteiger partial charge in [0, 0.05) is 5.56 Å². The maximum absolute atomic E-state index is 13.9. The molecule has 32 heavy (non-hydrogen) atoms. The third kappa shape index (κ3) is 5.31. The first-order valence-electron chi connectivity index (χ1n) is 9.62. The molecular formula is C24H18FIN2O3S. The third-order valence-corrected chi connectivity index (χ3v) is 6.23. The van der Waals surface area contributed by atoms with E-state index in [2.05, 4.69) is 32.9 Å². The van der Waals surface area contributed by atoms with E-state index in [1.807, 2.05) is 36.4 Å². The van der Waals surface area contributed by atoms with Crippen molar-refractivity contribution < 1.29 is 18.7 Å². The maximum atomic E-state index is 13.9. The summed E-state index contributed by atoms with van der Waals surface area (Å²) in [4.78, 5) is 17.4. The predicted molar refractivity (Wildman–Crippen MR) is 134 cm³/mol. The molecule has 3 aromatic rings. The molecule has 1 saturated heterocycles. The van der Waals surface area contributed by atoms with Gasteiger partial charge in [-0.25, -0.2) is 9.38 Å². The number of para-hydroxylation sites is 1. The van der Waals surface area contributed by atoms with Crippen LogP contribution in [-0.2, 0) is 11.4 Å². The summed E-state index contributed by atoms with van der Waals surface area (Å²) in [5.41, 5.74) is 2.01. The van der Waals surface area contributed by atoms with Gasteiger partial charge in [-0.15, -0.1) is 0 Å². The van der Waals surface area contributed by atoms with Gasteiger partial charge < -0.3 is 14.8 Å². The molecule has 4 rings (SSSR count). The quantitative estimate of drug-likeness (QED) is 0.301. The molecular weight excluding hydrogens is 542 g/mol. The lowest BCUT2D eigenvalue weighted by molar-refractivity contribution is -0.115. The first-order valence-corrected chi connectivity index (χ1v) is 11.5. The van der Waals surface area contributed by atoms with E-state index in [-0.39, 0.29) is 18.3 Å². The third-order valence-electron chi connectivity index (χ3n) is 4.52. The highest BCUT2D eigenvalue weighted by atomic mass is 127. The number of carbonyl (C=O) groups is 1. The van der Waals surface area contributed by atoms with Crippen LogP contribution in [0.2, 0.25) is 0 Å². The Hall–Kier alpha value is -2.85. The zero-order chi connectivity index (χ0) is 22.5. The van der Waals surface area contributed by atoms with Gasteiger partial charge in [-0.1, -0.05) is 36.4 Å². The van der Waals surface area contributed by atoms with Crippen LogP contribution in [0, 0.1) is 9.39 Å². The molecule has 0 saturated carbocycles. The minimum atomic E-state index is -0.319. The fourth-order valence-corrected chi connectivity index (χ4v) is 4.60. The van der Waals surface area contributed by atoms with Crippen molar-refractivity contribution in [3.8, 4) is 11.5 Å². The molecule has 3 aromatic carbocycles. The van der Waals surface area contributed by atoms with E-state index in [1.165, 1.54) is 17.8 Å². The predicted octanol–water partition coefficient (Wildman–Crippen LogP) is 5.91. The molecule has 0 spiro atoms. The number of carbonyl (C=O) groups excluding carboxylic acids is 1. The van der Waals surface area contributed by atoms with Crippen molar-refractivity contribution in [2.45, 2.75) is 6.61 Å². The second-order valence-electron chi connectivity index (χ2n) is 6.73. The van der Waals surface area contributed by atoms with E-state index in [4.69, 9.17) is 9.47 Å². The van der Waals surface area contributed by atoms with Gasteiger partial charge in [-0.3, -0.25) is 4.79 Å². The van der Waals surface area contributed by atoms with Crippen LogP contribution in [0.15, 0.2) is 76.6 Å². The molecule has 0 atom stereocenters. The SMILES string of the molecule is COc1cc(/C=C2\SC(=Nc3ccccc3)NC2=O)cc(I)c1OCc1ccccc1F. The number of ether oxygens (including phenoxy) is 2. The average molecular weight is 560 g/mol. The molecule has 0 unspecified atom stereocenters. The molecule has 1 amide bonds. The number of hydrogen-bond donors (Lipinski definition) is 1. The van der Waals surface area contributed by atoms with Gasteiger partial charge in [-0.2, -0.15) is 0 Å². The van der Waals surface area contributed by atoms with E-state index in [1.54, 1.807) is 37.5 Å². The highest BCUT2D eigenvalue weighted by molar-refractivity contribution is 14.1. The van der Waals surface area contributed by atoms with Crippen LogP contribution in [0.4, 0.5) is 10.1 Å². The first kappa shape index (κ1) is 22.3. The van der Waals surface area contributed by atoms with Crippen molar-refractivity contribution in [3.63, 3.8) is 0 Å². The second kappa shape index (κ2) is 10.2. The van der Waals surface area contributed by atoms with Crippen LogP contribution in [-0.4, -0.2) is 18.2 Å². The molecule has 1 aliphatic rings. The van der Waals surface area contributed by atoms with Crippen LogP contribution in [0.3, 0.4) is 0 Å². The summed E-state index contributed by atoms with van der Waals surface area (Å²) in [7, 11) is 1.54. The van der Waals surface area contributed by atoms with Crippen molar-refractivity contribution in [2.75, 3.05) is 7.11 Å². The minimum absolute atomic E-state index is 0.0804. The summed E-state index contributed by atoms with van der Waals surface area (Å²) in [5.74, 6) is 0.494. The number of benzene rings is 3. The summed E-state index contributed by atoms with van der Waals surface area (Å²) in [5, 5.41) is 3.31. The number of hydrogen-bond acceptors (Lipinski definition) is 5. The highest BCUT2D eigenvalue weighted by Gasteiger charge is 2.24. The van der Waals surface area contributed by atoms with Gasteiger partial charge in [0.05, 0.1) is 21.3 Å². The second-order valence-corrected chi connectivity index (χ2v) is 8.92. The van der Waals surface area contributed by atoms with E-state index >= 15 is 0 Å². The van der Waals surface area contributed by atoms with Gasteiger partial charge in [-0.05, 0) is 76.3 Å². The summed E-state index contributed by atoms with van der Waals surface area (Å²) in [6, 6.07) is 19.6. The van der Waals surface area contributed by atoms with E-state index in [9.17, 15) is 9.18 Å². The fraction of sp³-hybridized carbons (Fsp3) is 0.0833. The normalized spacial score (nSPS) is 15.8. The van der Waals surface area contributed by atoms with Crippen LogP contribution < -0.4 is 14.8 Å². The Morgan fingerprint density at radius 2 is 1.88 bits per heavy atom. The lowest BCUT2D eigenvalue weighted by Gasteiger charge is -2.14. The minimum Gasteiger partial charge on any atom is -0.493 e. The number of nitrogens with one attached hydrogen (secondary N) is 1. The number of nitrogens with zero attached hydrogens (tertiary/aromatic N) is 1. The smallest absolute Gasteiger partial charge is 0.264 e. The van der Waals surface area contributed by atoms with Crippen molar-refractivity contribution in [1.29, 1.82) is 0 Å². The molecule has 1 N–H and O–H groups in total. The topological polar surface area (TPSA) is 59.9 Å². The van der Waals surface area contributed by atoms with Gasteiger partial charge in [0.2, 0.25) is 0 Å². The van der Waals surface area contributed by atoms with Crippen molar-refractivity contribution in [2.24, 2.45) is 4.99 Å². The van der Waals surface area contributed by atoms with E-state index in [0.717, 1.165) is 14.8 Å². The molecule has 5 nitrogen and oxygen atoms in total. The molecule has 0 aromatic heterocycles. The summed E-state index contributed by atoms with van der Waals surface area (Å²) in [6.07, 6.45) is 1.78. The molecule has 1 aliphatic heterocycles. The van der Waals surface area contributed by atoms with Crippen molar-refractivity contribution in [1.82, 2.24) is 5.32 Å². The van der Waals surface area contributed by atoms with E-state index < -0.39 is 0 Å². The van der Waals surface area contributed by atoms with Crippen molar-refractivity contribution in [3.05, 3.63) is 92.1 Å². The summed E-state index contributed by atoms with van der Waals surface area (Å²) >= 11 is 3.41. The molecule has 0 radical (unpaired) electrons. The Kier molecular flexibility index (Phi) is 7.11. The highest BCUT2D eigenvalue weighted by Crippen LogP contribution is 2.36. The maximum Gasteiger partial charge on any atom is 0.264 e. The fourth-order valence-electron chi connectivity index (χ4n) is 2.98. The van der Waals surface area contributed by atoms with Crippen molar-refractivity contribution >= 4 is 57.2 Å². The molecule has 1 heterocycles. The molecule has 8 heteroatoms. The Labute approximate surface area is 202 Å². The average Bonchev–Trinajstić information content (AvgIpc) is 3.12. The Morgan fingerprint density at radius 1 is 1.12 bits per heavy atom. The van der Waals surface area contributed by atoms with E-state index in [0.29, 0.717) is 27.1 Å². The number of amides is 1. The van der Waals surface area contributed by atoms with Crippen LogP contribution in [0.25, 0.3) is 6.08 Å².